The largest absolute Gasteiger partial charge is 0.483 e. The smallest absolute Gasteiger partial charge is 0.260 e. The summed E-state index contributed by atoms with van der Waals surface area (Å²) in [5.74, 6) is 0.548. The zero-order valence-electron chi connectivity index (χ0n) is 16.5. The third-order valence-electron chi connectivity index (χ3n) is 5.22. The van der Waals surface area contributed by atoms with Gasteiger partial charge >= 0.3 is 0 Å². The van der Waals surface area contributed by atoms with Gasteiger partial charge in [0.1, 0.15) is 11.6 Å². The molecular formula is C22H26FIN2O2. The van der Waals surface area contributed by atoms with Crippen LogP contribution in [0.4, 0.5) is 4.39 Å². The lowest BCUT2D eigenvalue weighted by Gasteiger charge is -2.44. The van der Waals surface area contributed by atoms with Gasteiger partial charge in [-0.3, -0.25) is 9.69 Å². The number of piperazine rings is 1. The highest BCUT2D eigenvalue weighted by Crippen LogP contribution is 2.22. The number of hydrogen-bond donors (Lipinski definition) is 0. The molecule has 4 nitrogen and oxygen atoms in total. The zero-order chi connectivity index (χ0) is 20.3. The van der Waals surface area contributed by atoms with Crippen molar-refractivity contribution in [3.63, 3.8) is 0 Å². The van der Waals surface area contributed by atoms with Crippen molar-refractivity contribution < 1.29 is 13.9 Å². The van der Waals surface area contributed by atoms with Crippen molar-refractivity contribution >= 4 is 28.5 Å². The Kier molecular flexibility index (Phi) is 6.93. The average molecular weight is 496 g/mol. The highest BCUT2D eigenvalue weighted by molar-refractivity contribution is 14.1. The molecule has 0 unspecified atom stereocenters. The molecule has 3 rings (SSSR count). The van der Waals surface area contributed by atoms with E-state index in [0.29, 0.717) is 6.54 Å². The van der Waals surface area contributed by atoms with E-state index in [0.717, 1.165) is 33.5 Å². The van der Waals surface area contributed by atoms with Crippen LogP contribution in [-0.2, 0) is 11.3 Å². The fourth-order valence-electron chi connectivity index (χ4n) is 3.59. The van der Waals surface area contributed by atoms with Gasteiger partial charge in [-0.15, -0.1) is 0 Å². The maximum absolute atomic E-state index is 13.1. The molecule has 1 fully saturated rings. The van der Waals surface area contributed by atoms with Crippen LogP contribution in [0.3, 0.4) is 0 Å². The van der Waals surface area contributed by atoms with Crippen LogP contribution in [0, 0.1) is 16.3 Å². The van der Waals surface area contributed by atoms with E-state index in [4.69, 9.17) is 4.74 Å². The number of carbonyl (C=O) groups is 1. The van der Waals surface area contributed by atoms with Gasteiger partial charge in [0.15, 0.2) is 6.61 Å². The summed E-state index contributed by atoms with van der Waals surface area (Å²) in [4.78, 5) is 17.0. The van der Waals surface area contributed by atoms with Crippen LogP contribution in [0.15, 0.2) is 42.5 Å². The molecule has 2 atom stereocenters. The second kappa shape index (κ2) is 9.22. The minimum absolute atomic E-state index is 0.0127. The van der Waals surface area contributed by atoms with Gasteiger partial charge in [-0.05, 0) is 84.8 Å². The SMILES string of the molecule is Cc1cc(I)ccc1OCC(=O)N1C[C@H](C)N(Cc2ccc(F)cc2)C[C@H]1C. The summed E-state index contributed by atoms with van der Waals surface area (Å²) < 4.78 is 20.0. The maximum Gasteiger partial charge on any atom is 0.260 e. The Bertz CT molecular complexity index is 828. The third-order valence-corrected chi connectivity index (χ3v) is 5.89. The topological polar surface area (TPSA) is 32.8 Å². The summed E-state index contributed by atoms with van der Waals surface area (Å²) in [7, 11) is 0. The molecule has 2 aromatic rings. The number of rotatable bonds is 5. The molecule has 6 heteroatoms. The zero-order valence-corrected chi connectivity index (χ0v) is 18.6. The van der Waals surface area contributed by atoms with Crippen molar-refractivity contribution in [3.05, 3.63) is 63.0 Å². The number of ether oxygens (including phenoxy) is 1. The number of hydrogen-bond acceptors (Lipinski definition) is 3. The number of nitrogens with zero attached hydrogens (tertiary/aromatic N) is 2. The number of aryl methyl sites for hydroxylation is 1. The van der Waals surface area contributed by atoms with Crippen molar-refractivity contribution in [2.75, 3.05) is 19.7 Å². The van der Waals surface area contributed by atoms with E-state index in [9.17, 15) is 9.18 Å². The monoisotopic (exact) mass is 496 g/mol. The first-order valence-corrected chi connectivity index (χ1v) is 10.6. The summed E-state index contributed by atoms with van der Waals surface area (Å²) in [6.45, 7) is 8.43. The average Bonchev–Trinajstić information content (AvgIpc) is 2.65. The second-order valence-electron chi connectivity index (χ2n) is 7.50. The second-order valence-corrected chi connectivity index (χ2v) is 8.74. The lowest BCUT2D eigenvalue weighted by molar-refractivity contribution is -0.139. The van der Waals surface area contributed by atoms with E-state index in [-0.39, 0.29) is 30.4 Å². The molecular weight excluding hydrogens is 470 g/mol. The van der Waals surface area contributed by atoms with Gasteiger partial charge < -0.3 is 9.64 Å². The summed E-state index contributed by atoms with van der Waals surface area (Å²) in [6, 6.07) is 12.9. The fraction of sp³-hybridized carbons (Fsp3) is 0.409. The Morgan fingerprint density at radius 2 is 1.86 bits per heavy atom. The molecule has 28 heavy (non-hydrogen) atoms. The molecule has 0 spiro atoms. The molecule has 150 valence electrons. The van der Waals surface area contributed by atoms with Crippen LogP contribution in [0.2, 0.25) is 0 Å². The van der Waals surface area contributed by atoms with Crippen LogP contribution in [0.1, 0.15) is 25.0 Å². The summed E-state index contributed by atoms with van der Waals surface area (Å²) >= 11 is 2.26. The van der Waals surface area contributed by atoms with Gasteiger partial charge in [-0.1, -0.05) is 12.1 Å². The molecule has 1 heterocycles. The van der Waals surface area contributed by atoms with Crippen LogP contribution in [-0.4, -0.2) is 47.5 Å². The first kappa shape index (κ1) is 21.0. The lowest BCUT2D eigenvalue weighted by Crippen LogP contribution is -2.58. The highest BCUT2D eigenvalue weighted by Gasteiger charge is 2.32. The molecule has 0 aromatic heterocycles. The van der Waals surface area contributed by atoms with Crippen molar-refractivity contribution in [3.8, 4) is 5.75 Å². The van der Waals surface area contributed by atoms with Crippen LogP contribution >= 0.6 is 22.6 Å². The molecule has 0 aliphatic carbocycles. The van der Waals surface area contributed by atoms with Crippen molar-refractivity contribution in [1.29, 1.82) is 0 Å². The van der Waals surface area contributed by atoms with Gasteiger partial charge in [0.25, 0.3) is 5.91 Å². The van der Waals surface area contributed by atoms with Crippen LogP contribution < -0.4 is 4.74 Å². The predicted molar refractivity (Wildman–Crippen MR) is 117 cm³/mol. The Balaban J connectivity index is 1.57. The van der Waals surface area contributed by atoms with Gasteiger partial charge in [0, 0.05) is 35.3 Å². The third kappa shape index (κ3) is 5.23. The lowest BCUT2D eigenvalue weighted by atomic mass is 10.1. The molecule has 0 N–H and O–H groups in total. The van der Waals surface area contributed by atoms with Gasteiger partial charge in [-0.2, -0.15) is 0 Å². The van der Waals surface area contributed by atoms with Crippen molar-refractivity contribution in [2.45, 2.75) is 39.4 Å². The van der Waals surface area contributed by atoms with Crippen molar-refractivity contribution in [1.82, 2.24) is 9.80 Å². The quantitative estimate of drug-likeness (QED) is 0.581. The number of benzene rings is 2. The van der Waals surface area contributed by atoms with Crippen LogP contribution in [0.5, 0.6) is 5.75 Å². The Morgan fingerprint density at radius 3 is 2.54 bits per heavy atom. The molecule has 2 aromatic carbocycles. The van der Waals surface area contributed by atoms with E-state index >= 15 is 0 Å². The summed E-state index contributed by atoms with van der Waals surface area (Å²) in [5, 5.41) is 0. The minimum atomic E-state index is -0.219. The highest BCUT2D eigenvalue weighted by atomic mass is 127. The Morgan fingerprint density at radius 1 is 1.14 bits per heavy atom. The van der Waals surface area contributed by atoms with Gasteiger partial charge in [-0.25, -0.2) is 4.39 Å². The maximum atomic E-state index is 13.1. The molecule has 0 bridgehead atoms. The molecule has 0 saturated carbocycles. The molecule has 1 amide bonds. The Labute approximate surface area is 179 Å². The number of amides is 1. The van der Waals surface area contributed by atoms with Gasteiger partial charge in [0.05, 0.1) is 0 Å². The van der Waals surface area contributed by atoms with Crippen LogP contribution in [0.25, 0.3) is 0 Å². The molecule has 1 saturated heterocycles. The molecule has 1 aliphatic heterocycles. The minimum Gasteiger partial charge on any atom is -0.483 e. The predicted octanol–water partition coefficient (Wildman–Crippen LogP) is 4.24. The van der Waals surface area contributed by atoms with E-state index in [1.807, 2.05) is 42.2 Å². The first-order chi connectivity index (χ1) is 13.3. The summed E-state index contributed by atoms with van der Waals surface area (Å²) in [5.41, 5.74) is 2.11. The van der Waals surface area contributed by atoms with Crippen molar-refractivity contribution in [2.24, 2.45) is 0 Å². The molecule has 1 aliphatic rings. The van der Waals surface area contributed by atoms with Gasteiger partial charge in [0.2, 0.25) is 0 Å². The first-order valence-electron chi connectivity index (χ1n) is 9.50. The Hall–Kier alpha value is -1.67. The van der Waals surface area contributed by atoms with E-state index in [1.165, 1.54) is 12.1 Å². The number of halogens is 2. The van der Waals surface area contributed by atoms with E-state index < -0.39 is 0 Å². The molecule has 0 radical (unpaired) electrons. The summed E-state index contributed by atoms with van der Waals surface area (Å²) in [6.07, 6.45) is 0. The standard InChI is InChI=1S/C22H26FIN2O2/c1-15-10-20(24)8-9-21(15)28-14-22(27)26-12-16(2)25(11-17(26)3)13-18-4-6-19(23)7-5-18/h4-10,16-17H,11-14H2,1-3H3/t16-,17+/m0/s1. The normalized spacial score (nSPS) is 20.2. The fourth-order valence-corrected chi connectivity index (χ4v) is 4.23. The number of carbonyl (C=O) groups excluding carboxylic acids is 1. The van der Waals surface area contributed by atoms with E-state index in [2.05, 4.69) is 41.3 Å². The van der Waals surface area contributed by atoms with E-state index in [1.54, 1.807) is 0 Å².